The number of carbonyl (C=O) groups excluding carboxylic acids is 2. The number of rotatable bonds is 5. The summed E-state index contributed by atoms with van der Waals surface area (Å²) in [6.07, 6.45) is 3.25. The fourth-order valence-corrected chi connectivity index (χ4v) is 3.13. The summed E-state index contributed by atoms with van der Waals surface area (Å²) in [5.41, 5.74) is 4.02. The molecule has 1 N–H and O–H groups in total. The molecule has 2 amide bonds. The average Bonchev–Trinajstić information content (AvgIpc) is 3.01. The van der Waals surface area contributed by atoms with Crippen LogP contribution in [-0.2, 0) is 9.59 Å². The van der Waals surface area contributed by atoms with Crippen LogP contribution in [0.4, 0.5) is 5.69 Å². The van der Waals surface area contributed by atoms with E-state index in [1.807, 2.05) is 50.4 Å². The standard InChI is InChI=1S/C19H22N2O2S/c1-13-10-14(2)19(15(3)11-13)20-17(22)12-21(4)18(23)8-7-16-6-5-9-24-16/h5-11H,12H2,1-4H3,(H,20,22)/b8-7+. The molecule has 0 aliphatic rings. The molecule has 24 heavy (non-hydrogen) atoms. The van der Waals surface area contributed by atoms with Gasteiger partial charge < -0.3 is 10.2 Å². The highest BCUT2D eigenvalue weighted by molar-refractivity contribution is 7.10. The third-order valence-electron chi connectivity index (χ3n) is 3.63. The zero-order valence-electron chi connectivity index (χ0n) is 14.4. The van der Waals surface area contributed by atoms with Crippen LogP contribution < -0.4 is 5.32 Å². The van der Waals surface area contributed by atoms with Crippen LogP contribution in [0.2, 0.25) is 0 Å². The first-order valence-electron chi connectivity index (χ1n) is 7.71. The molecule has 0 atom stereocenters. The van der Waals surface area contributed by atoms with Gasteiger partial charge in [-0.1, -0.05) is 23.8 Å². The molecule has 0 bridgehead atoms. The smallest absolute Gasteiger partial charge is 0.246 e. The Morgan fingerprint density at radius 2 is 1.88 bits per heavy atom. The molecular formula is C19H22N2O2S. The van der Waals surface area contributed by atoms with Gasteiger partial charge in [0.2, 0.25) is 11.8 Å². The summed E-state index contributed by atoms with van der Waals surface area (Å²) >= 11 is 1.56. The van der Waals surface area contributed by atoms with Gasteiger partial charge in [-0.15, -0.1) is 11.3 Å². The zero-order chi connectivity index (χ0) is 17.7. The third-order valence-corrected chi connectivity index (χ3v) is 4.47. The number of nitrogens with one attached hydrogen (secondary N) is 1. The summed E-state index contributed by atoms with van der Waals surface area (Å²) in [7, 11) is 1.62. The maximum atomic E-state index is 12.2. The molecular weight excluding hydrogens is 320 g/mol. The van der Waals surface area contributed by atoms with E-state index < -0.39 is 0 Å². The van der Waals surface area contributed by atoms with Gasteiger partial charge in [0, 0.05) is 23.7 Å². The fraction of sp³-hybridized carbons (Fsp3) is 0.263. The Kier molecular flexibility index (Phi) is 5.93. The lowest BCUT2D eigenvalue weighted by Crippen LogP contribution is -2.34. The van der Waals surface area contributed by atoms with Gasteiger partial charge in [0.05, 0.1) is 6.54 Å². The van der Waals surface area contributed by atoms with Crippen molar-refractivity contribution in [3.05, 3.63) is 57.3 Å². The summed E-state index contributed by atoms with van der Waals surface area (Å²) in [6, 6.07) is 7.92. The van der Waals surface area contributed by atoms with Gasteiger partial charge in [0.1, 0.15) is 0 Å². The molecule has 0 aliphatic carbocycles. The Morgan fingerprint density at radius 1 is 1.21 bits per heavy atom. The minimum Gasteiger partial charge on any atom is -0.333 e. The van der Waals surface area contributed by atoms with Gasteiger partial charge >= 0.3 is 0 Å². The molecule has 0 spiro atoms. The Bertz CT molecular complexity index is 741. The van der Waals surface area contributed by atoms with Crippen LogP contribution in [0.15, 0.2) is 35.7 Å². The largest absolute Gasteiger partial charge is 0.333 e. The number of carbonyl (C=O) groups is 2. The Labute approximate surface area is 146 Å². The van der Waals surface area contributed by atoms with Crippen molar-refractivity contribution in [2.75, 3.05) is 18.9 Å². The number of anilines is 1. The second-order valence-corrected chi connectivity index (χ2v) is 6.84. The predicted molar refractivity (Wildman–Crippen MR) is 100 cm³/mol. The lowest BCUT2D eigenvalue weighted by molar-refractivity contribution is -0.129. The Hall–Kier alpha value is -2.40. The summed E-state index contributed by atoms with van der Waals surface area (Å²) < 4.78 is 0. The van der Waals surface area contributed by atoms with Crippen LogP contribution in [0.3, 0.4) is 0 Å². The first kappa shape index (κ1) is 17.9. The molecule has 0 unspecified atom stereocenters. The quantitative estimate of drug-likeness (QED) is 0.841. The monoisotopic (exact) mass is 342 g/mol. The molecule has 1 heterocycles. The van der Waals surface area contributed by atoms with Gasteiger partial charge in [-0.05, 0) is 49.4 Å². The predicted octanol–water partition coefficient (Wildman–Crippen LogP) is 3.78. The number of aryl methyl sites for hydroxylation is 3. The van der Waals surface area contributed by atoms with Gasteiger partial charge in [-0.25, -0.2) is 0 Å². The van der Waals surface area contributed by atoms with E-state index in [-0.39, 0.29) is 18.4 Å². The van der Waals surface area contributed by atoms with Crippen LogP contribution in [0.5, 0.6) is 0 Å². The van der Waals surface area contributed by atoms with Crippen LogP contribution in [0.1, 0.15) is 21.6 Å². The molecule has 0 saturated carbocycles. The molecule has 5 heteroatoms. The maximum absolute atomic E-state index is 12.2. The van der Waals surface area contributed by atoms with Crippen molar-refractivity contribution in [1.29, 1.82) is 0 Å². The molecule has 2 rings (SSSR count). The van der Waals surface area contributed by atoms with E-state index in [2.05, 4.69) is 5.32 Å². The van der Waals surface area contributed by atoms with E-state index in [1.54, 1.807) is 24.5 Å². The number of nitrogens with zero attached hydrogens (tertiary/aromatic N) is 1. The molecule has 0 saturated heterocycles. The molecule has 2 aromatic rings. The van der Waals surface area contributed by atoms with Crippen molar-refractivity contribution in [2.24, 2.45) is 0 Å². The molecule has 4 nitrogen and oxygen atoms in total. The third kappa shape index (κ3) is 4.80. The number of hydrogen-bond acceptors (Lipinski definition) is 3. The van der Waals surface area contributed by atoms with Gasteiger partial charge in [0.15, 0.2) is 0 Å². The van der Waals surface area contributed by atoms with Crippen LogP contribution in [-0.4, -0.2) is 30.3 Å². The first-order valence-corrected chi connectivity index (χ1v) is 8.59. The van der Waals surface area contributed by atoms with Gasteiger partial charge in [0.25, 0.3) is 0 Å². The van der Waals surface area contributed by atoms with E-state index >= 15 is 0 Å². The maximum Gasteiger partial charge on any atom is 0.246 e. The minimum absolute atomic E-state index is 0.0143. The number of benzene rings is 1. The van der Waals surface area contributed by atoms with Crippen molar-refractivity contribution in [3.8, 4) is 0 Å². The van der Waals surface area contributed by atoms with Crippen LogP contribution >= 0.6 is 11.3 Å². The highest BCUT2D eigenvalue weighted by atomic mass is 32.1. The van der Waals surface area contributed by atoms with Crippen molar-refractivity contribution < 1.29 is 9.59 Å². The zero-order valence-corrected chi connectivity index (χ0v) is 15.2. The molecule has 0 radical (unpaired) electrons. The van der Waals surface area contributed by atoms with Crippen molar-refractivity contribution in [2.45, 2.75) is 20.8 Å². The summed E-state index contributed by atoms with van der Waals surface area (Å²) in [4.78, 5) is 26.7. The van der Waals surface area contributed by atoms with Crippen molar-refractivity contribution >= 4 is 34.9 Å². The Morgan fingerprint density at radius 3 is 2.46 bits per heavy atom. The number of likely N-dealkylation sites (N-methyl/N-ethyl adjacent to an activating group) is 1. The average molecular weight is 342 g/mol. The molecule has 0 fully saturated rings. The number of thiophene rings is 1. The van der Waals surface area contributed by atoms with Crippen molar-refractivity contribution in [3.63, 3.8) is 0 Å². The van der Waals surface area contributed by atoms with E-state index in [0.717, 1.165) is 27.3 Å². The fourth-order valence-electron chi connectivity index (χ4n) is 2.52. The van der Waals surface area contributed by atoms with E-state index in [4.69, 9.17) is 0 Å². The highest BCUT2D eigenvalue weighted by Gasteiger charge is 2.13. The highest BCUT2D eigenvalue weighted by Crippen LogP contribution is 2.21. The number of amides is 2. The summed E-state index contributed by atoms with van der Waals surface area (Å²) in [5, 5.41) is 4.86. The summed E-state index contributed by atoms with van der Waals surface area (Å²) in [5.74, 6) is -0.402. The molecule has 1 aromatic carbocycles. The summed E-state index contributed by atoms with van der Waals surface area (Å²) in [6.45, 7) is 5.97. The van der Waals surface area contributed by atoms with Gasteiger partial charge in [-0.2, -0.15) is 0 Å². The van der Waals surface area contributed by atoms with Crippen molar-refractivity contribution in [1.82, 2.24) is 4.90 Å². The Balaban J connectivity index is 1.95. The second-order valence-electron chi connectivity index (χ2n) is 5.86. The topological polar surface area (TPSA) is 49.4 Å². The number of hydrogen-bond donors (Lipinski definition) is 1. The second kappa shape index (κ2) is 7.93. The van der Waals surface area contributed by atoms with Crippen LogP contribution in [0.25, 0.3) is 6.08 Å². The van der Waals surface area contributed by atoms with E-state index in [9.17, 15) is 9.59 Å². The van der Waals surface area contributed by atoms with Crippen LogP contribution in [0, 0.1) is 20.8 Å². The molecule has 1 aromatic heterocycles. The lowest BCUT2D eigenvalue weighted by atomic mass is 10.1. The molecule has 126 valence electrons. The van der Waals surface area contributed by atoms with E-state index in [0.29, 0.717) is 0 Å². The normalized spacial score (nSPS) is 10.8. The van der Waals surface area contributed by atoms with Gasteiger partial charge in [-0.3, -0.25) is 9.59 Å². The lowest BCUT2D eigenvalue weighted by Gasteiger charge is -2.17. The first-order chi connectivity index (χ1) is 11.4. The SMILES string of the molecule is Cc1cc(C)c(NC(=O)CN(C)C(=O)/C=C/c2cccs2)c(C)c1. The minimum atomic E-state index is -0.203. The molecule has 0 aliphatic heterocycles. The van der Waals surface area contributed by atoms with E-state index in [1.165, 1.54) is 11.0 Å².